The van der Waals surface area contributed by atoms with Crippen molar-refractivity contribution in [2.24, 2.45) is 0 Å². The standard InChI is InChI=1S/C19H26N4O2S/c1-4-5-10-20-18(25)15-6-8-16(9-7-15)23-12-11-21-19(23)26-13-17(24)22-14(2)3/h6-9,11-12,14H,4-5,10,13H2,1-3H3,(H,20,25)(H,22,24). The van der Waals surface area contributed by atoms with Crippen molar-refractivity contribution < 1.29 is 9.59 Å². The van der Waals surface area contributed by atoms with Crippen LogP contribution in [-0.4, -0.2) is 39.7 Å². The van der Waals surface area contributed by atoms with Crippen LogP contribution in [0.4, 0.5) is 0 Å². The Labute approximate surface area is 158 Å². The summed E-state index contributed by atoms with van der Waals surface area (Å²) in [7, 11) is 0. The number of carbonyl (C=O) groups excluding carboxylic acids is 2. The van der Waals surface area contributed by atoms with Gasteiger partial charge in [0, 0.05) is 36.2 Å². The first-order valence-electron chi connectivity index (χ1n) is 8.85. The Balaban J connectivity index is 2.00. The van der Waals surface area contributed by atoms with E-state index in [9.17, 15) is 9.59 Å². The zero-order chi connectivity index (χ0) is 18.9. The highest BCUT2D eigenvalue weighted by Gasteiger charge is 2.11. The summed E-state index contributed by atoms with van der Waals surface area (Å²) in [4.78, 5) is 28.2. The van der Waals surface area contributed by atoms with E-state index < -0.39 is 0 Å². The van der Waals surface area contributed by atoms with Crippen LogP contribution in [0.1, 0.15) is 44.0 Å². The first-order valence-corrected chi connectivity index (χ1v) is 9.84. The van der Waals surface area contributed by atoms with E-state index in [0.717, 1.165) is 23.7 Å². The fourth-order valence-corrected chi connectivity index (χ4v) is 3.13. The largest absolute Gasteiger partial charge is 0.353 e. The Morgan fingerprint density at radius 3 is 2.62 bits per heavy atom. The number of benzene rings is 1. The monoisotopic (exact) mass is 374 g/mol. The van der Waals surface area contributed by atoms with E-state index in [1.807, 2.05) is 36.7 Å². The summed E-state index contributed by atoms with van der Waals surface area (Å²) in [6.07, 6.45) is 5.58. The van der Waals surface area contributed by atoms with Gasteiger partial charge >= 0.3 is 0 Å². The normalized spacial score (nSPS) is 10.8. The predicted molar refractivity (Wildman–Crippen MR) is 105 cm³/mol. The molecule has 0 fully saturated rings. The Morgan fingerprint density at radius 2 is 1.96 bits per heavy atom. The van der Waals surface area contributed by atoms with Gasteiger partial charge in [0.2, 0.25) is 5.91 Å². The Hall–Kier alpha value is -2.28. The summed E-state index contributed by atoms with van der Waals surface area (Å²) < 4.78 is 1.91. The predicted octanol–water partition coefficient (Wildman–Crippen LogP) is 3.02. The van der Waals surface area contributed by atoms with Gasteiger partial charge in [0.05, 0.1) is 5.75 Å². The Bertz CT molecular complexity index is 725. The Kier molecular flexibility index (Phi) is 7.72. The van der Waals surface area contributed by atoms with Crippen LogP contribution in [0.25, 0.3) is 5.69 Å². The van der Waals surface area contributed by atoms with E-state index in [2.05, 4.69) is 22.5 Å². The van der Waals surface area contributed by atoms with Gasteiger partial charge in [0.15, 0.2) is 5.16 Å². The van der Waals surface area contributed by atoms with Crippen molar-refractivity contribution in [3.63, 3.8) is 0 Å². The highest BCUT2D eigenvalue weighted by molar-refractivity contribution is 7.99. The molecule has 1 aromatic carbocycles. The maximum Gasteiger partial charge on any atom is 0.251 e. The van der Waals surface area contributed by atoms with E-state index in [0.29, 0.717) is 17.9 Å². The number of nitrogens with one attached hydrogen (secondary N) is 2. The highest BCUT2D eigenvalue weighted by Crippen LogP contribution is 2.20. The second kappa shape index (κ2) is 10.0. The van der Waals surface area contributed by atoms with Gasteiger partial charge in [-0.1, -0.05) is 25.1 Å². The summed E-state index contributed by atoms with van der Waals surface area (Å²) in [6.45, 7) is 6.65. The van der Waals surface area contributed by atoms with Gasteiger partial charge < -0.3 is 10.6 Å². The van der Waals surface area contributed by atoms with Crippen molar-refractivity contribution in [1.29, 1.82) is 0 Å². The molecule has 2 amide bonds. The number of imidazole rings is 1. The smallest absolute Gasteiger partial charge is 0.251 e. The quantitative estimate of drug-likeness (QED) is 0.523. The average molecular weight is 375 g/mol. The van der Waals surface area contributed by atoms with Gasteiger partial charge in [-0.3, -0.25) is 14.2 Å². The van der Waals surface area contributed by atoms with E-state index in [-0.39, 0.29) is 17.9 Å². The van der Waals surface area contributed by atoms with Crippen LogP contribution in [0.15, 0.2) is 41.8 Å². The molecule has 0 bridgehead atoms. The maximum absolute atomic E-state index is 12.1. The van der Waals surface area contributed by atoms with Crippen molar-refractivity contribution >= 4 is 23.6 Å². The summed E-state index contributed by atoms with van der Waals surface area (Å²) in [5.74, 6) is 0.238. The third kappa shape index (κ3) is 5.91. The van der Waals surface area contributed by atoms with Crippen molar-refractivity contribution in [2.45, 2.75) is 44.8 Å². The van der Waals surface area contributed by atoms with E-state index in [4.69, 9.17) is 0 Å². The number of aromatic nitrogens is 2. The van der Waals surface area contributed by atoms with Gasteiger partial charge in [0.1, 0.15) is 0 Å². The number of hydrogen-bond donors (Lipinski definition) is 2. The Morgan fingerprint density at radius 1 is 1.23 bits per heavy atom. The molecule has 140 valence electrons. The summed E-state index contributed by atoms with van der Waals surface area (Å²) >= 11 is 1.38. The molecule has 0 unspecified atom stereocenters. The first kappa shape index (κ1) is 20.0. The number of hydrogen-bond acceptors (Lipinski definition) is 4. The third-order valence-electron chi connectivity index (χ3n) is 3.61. The lowest BCUT2D eigenvalue weighted by molar-refractivity contribution is -0.119. The van der Waals surface area contributed by atoms with Crippen molar-refractivity contribution in [3.8, 4) is 5.69 Å². The number of nitrogens with zero attached hydrogens (tertiary/aromatic N) is 2. The minimum absolute atomic E-state index is 0.0151. The first-order chi connectivity index (χ1) is 12.5. The molecular formula is C19H26N4O2S. The minimum Gasteiger partial charge on any atom is -0.353 e. The minimum atomic E-state index is -0.0596. The molecule has 0 radical (unpaired) electrons. The zero-order valence-corrected chi connectivity index (χ0v) is 16.3. The van der Waals surface area contributed by atoms with Crippen LogP contribution in [0, 0.1) is 0 Å². The number of unbranched alkanes of at least 4 members (excludes halogenated alkanes) is 1. The summed E-state index contributed by atoms with van der Waals surface area (Å²) in [5, 5.41) is 6.51. The van der Waals surface area contributed by atoms with Crippen LogP contribution in [-0.2, 0) is 4.79 Å². The van der Waals surface area contributed by atoms with Crippen molar-refractivity contribution in [3.05, 3.63) is 42.2 Å². The molecule has 2 N–H and O–H groups in total. The topological polar surface area (TPSA) is 76.0 Å². The molecule has 1 aromatic heterocycles. The molecule has 0 aliphatic heterocycles. The molecule has 6 nitrogen and oxygen atoms in total. The number of amides is 2. The SMILES string of the molecule is CCCCNC(=O)c1ccc(-n2ccnc2SCC(=O)NC(C)C)cc1. The fourth-order valence-electron chi connectivity index (χ4n) is 2.34. The maximum atomic E-state index is 12.1. The van der Waals surface area contributed by atoms with E-state index in [1.54, 1.807) is 18.3 Å². The second-order valence-corrected chi connectivity index (χ2v) is 7.19. The van der Waals surface area contributed by atoms with Crippen LogP contribution in [0.2, 0.25) is 0 Å². The molecule has 2 rings (SSSR count). The average Bonchev–Trinajstić information content (AvgIpc) is 3.08. The number of rotatable bonds is 9. The van der Waals surface area contributed by atoms with Gasteiger partial charge in [0.25, 0.3) is 5.91 Å². The molecule has 0 atom stereocenters. The van der Waals surface area contributed by atoms with Gasteiger partial charge in [-0.2, -0.15) is 0 Å². The van der Waals surface area contributed by atoms with Gasteiger partial charge in [-0.25, -0.2) is 4.98 Å². The van der Waals surface area contributed by atoms with Gasteiger partial charge in [-0.15, -0.1) is 0 Å². The third-order valence-corrected chi connectivity index (χ3v) is 4.58. The van der Waals surface area contributed by atoms with Crippen LogP contribution in [0.5, 0.6) is 0 Å². The lowest BCUT2D eigenvalue weighted by Gasteiger charge is -2.10. The van der Waals surface area contributed by atoms with Crippen LogP contribution in [0.3, 0.4) is 0 Å². The zero-order valence-electron chi connectivity index (χ0n) is 15.5. The van der Waals surface area contributed by atoms with Crippen molar-refractivity contribution in [2.75, 3.05) is 12.3 Å². The van der Waals surface area contributed by atoms with E-state index in [1.165, 1.54) is 11.8 Å². The molecule has 1 heterocycles. The van der Waals surface area contributed by atoms with Gasteiger partial charge in [-0.05, 0) is 44.5 Å². The summed E-state index contributed by atoms with van der Waals surface area (Å²) in [5.41, 5.74) is 1.54. The molecular weight excluding hydrogens is 348 g/mol. The van der Waals surface area contributed by atoms with Crippen LogP contribution < -0.4 is 10.6 Å². The fraction of sp³-hybridized carbons (Fsp3) is 0.421. The van der Waals surface area contributed by atoms with E-state index >= 15 is 0 Å². The lowest BCUT2D eigenvalue weighted by atomic mass is 10.2. The second-order valence-electron chi connectivity index (χ2n) is 6.25. The molecule has 0 aliphatic rings. The number of thioether (sulfide) groups is 1. The highest BCUT2D eigenvalue weighted by atomic mass is 32.2. The molecule has 2 aromatic rings. The molecule has 0 spiro atoms. The molecule has 0 aliphatic carbocycles. The summed E-state index contributed by atoms with van der Waals surface area (Å²) in [6, 6.07) is 7.50. The molecule has 26 heavy (non-hydrogen) atoms. The lowest BCUT2D eigenvalue weighted by Crippen LogP contribution is -2.31. The molecule has 7 heteroatoms. The molecule has 0 saturated heterocycles. The number of carbonyl (C=O) groups is 2. The molecule has 0 saturated carbocycles. The van der Waals surface area contributed by atoms with Crippen LogP contribution >= 0.6 is 11.8 Å². The van der Waals surface area contributed by atoms with Crippen molar-refractivity contribution in [1.82, 2.24) is 20.2 Å².